The number of para-hydroxylation sites is 1. The van der Waals surface area contributed by atoms with Crippen molar-refractivity contribution in [1.82, 2.24) is 4.57 Å². The van der Waals surface area contributed by atoms with Gasteiger partial charge in [0.25, 0.3) is 0 Å². The third-order valence-electron chi connectivity index (χ3n) is 7.00. The first-order chi connectivity index (χ1) is 17.4. The average Bonchev–Trinajstić information content (AvgIpc) is 3.60. The lowest BCUT2D eigenvalue weighted by Gasteiger charge is -2.09. The second-order valence-electron chi connectivity index (χ2n) is 8.96. The maximum Gasteiger partial charge on any atom is 0.144 e. The van der Waals surface area contributed by atoms with Crippen LogP contribution >= 0.6 is 11.3 Å². The molecule has 164 valence electrons. The Morgan fingerprint density at radius 3 is 2.29 bits per heavy atom. The molecule has 0 bridgehead atoms. The van der Waals surface area contributed by atoms with Gasteiger partial charge in [0.2, 0.25) is 0 Å². The van der Waals surface area contributed by atoms with E-state index >= 15 is 0 Å². The Bertz CT molecular complexity index is 2060. The monoisotopic (exact) mass is 465 g/mol. The van der Waals surface area contributed by atoms with Gasteiger partial charge in [-0.3, -0.25) is 0 Å². The molecule has 0 amide bonds. The molecule has 8 rings (SSSR count). The standard InChI is InChI=1S/C32H19NOS/c1-2-9-20(10-3-1)28-19-21-17-18-26-30(31(21)34-28)24-12-4-6-14-25(24)33(26)27-15-8-13-23-22-11-5-7-16-29(22)35-32(23)27/h1-19H. The van der Waals surface area contributed by atoms with E-state index in [0.717, 1.165) is 27.8 Å². The molecule has 2 nitrogen and oxygen atoms in total. The van der Waals surface area contributed by atoms with Crippen molar-refractivity contribution in [2.45, 2.75) is 0 Å². The highest BCUT2D eigenvalue weighted by Crippen LogP contribution is 2.43. The lowest BCUT2D eigenvalue weighted by molar-refractivity contribution is 0.635. The van der Waals surface area contributed by atoms with Crippen molar-refractivity contribution in [1.29, 1.82) is 0 Å². The molecule has 0 saturated carbocycles. The van der Waals surface area contributed by atoms with Crippen LogP contribution in [-0.4, -0.2) is 4.57 Å². The molecule has 3 heterocycles. The summed E-state index contributed by atoms with van der Waals surface area (Å²) in [5.74, 6) is 0.900. The minimum atomic E-state index is 0.900. The van der Waals surface area contributed by atoms with Crippen LogP contribution in [0.2, 0.25) is 0 Å². The summed E-state index contributed by atoms with van der Waals surface area (Å²) in [6, 6.07) is 40.9. The molecule has 0 aliphatic rings. The number of nitrogens with zero attached hydrogens (tertiary/aromatic N) is 1. The van der Waals surface area contributed by atoms with Crippen LogP contribution in [0.5, 0.6) is 0 Å². The average molecular weight is 466 g/mol. The molecule has 0 spiro atoms. The molecule has 0 radical (unpaired) electrons. The maximum atomic E-state index is 6.55. The predicted molar refractivity (Wildman–Crippen MR) is 149 cm³/mol. The smallest absolute Gasteiger partial charge is 0.144 e. The summed E-state index contributed by atoms with van der Waals surface area (Å²) in [7, 11) is 0. The molecular formula is C32H19NOS. The highest BCUT2D eigenvalue weighted by molar-refractivity contribution is 7.26. The second kappa shape index (κ2) is 7.08. The summed E-state index contributed by atoms with van der Waals surface area (Å²) < 4.78 is 11.6. The zero-order valence-corrected chi connectivity index (χ0v) is 19.5. The molecule has 0 saturated heterocycles. The van der Waals surface area contributed by atoms with E-state index in [9.17, 15) is 0 Å². The van der Waals surface area contributed by atoms with Crippen LogP contribution in [0, 0.1) is 0 Å². The van der Waals surface area contributed by atoms with Gasteiger partial charge in [0.05, 0.1) is 26.8 Å². The molecule has 8 aromatic rings. The van der Waals surface area contributed by atoms with Gasteiger partial charge in [0, 0.05) is 31.8 Å². The lowest BCUT2D eigenvalue weighted by atomic mass is 10.1. The molecule has 0 aliphatic heterocycles. The Morgan fingerprint density at radius 1 is 0.600 bits per heavy atom. The third kappa shape index (κ3) is 2.64. The Morgan fingerprint density at radius 2 is 1.37 bits per heavy atom. The van der Waals surface area contributed by atoms with Gasteiger partial charge in [-0.2, -0.15) is 0 Å². The van der Waals surface area contributed by atoms with Gasteiger partial charge in [-0.05, 0) is 36.4 Å². The molecule has 0 unspecified atom stereocenters. The van der Waals surface area contributed by atoms with Gasteiger partial charge in [0.1, 0.15) is 11.3 Å². The summed E-state index contributed by atoms with van der Waals surface area (Å²) in [5, 5.41) is 6.12. The summed E-state index contributed by atoms with van der Waals surface area (Å²) >= 11 is 1.86. The number of fused-ring (bicyclic) bond motifs is 8. The Hall–Kier alpha value is -4.34. The normalized spacial score (nSPS) is 12.0. The number of thiophene rings is 1. The topological polar surface area (TPSA) is 18.1 Å². The van der Waals surface area contributed by atoms with Gasteiger partial charge >= 0.3 is 0 Å². The van der Waals surface area contributed by atoms with Crippen LogP contribution in [0.25, 0.3) is 70.0 Å². The minimum Gasteiger partial charge on any atom is -0.455 e. The minimum absolute atomic E-state index is 0.900. The van der Waals surface area contributed by atoms with Crippen LogP contribution in [0.15, 0.2) is 120 Å². The maximum absolute atomic E-state index is 6.55. The third-order valence-corrected chi connectivity index (χ3v) is 8.21. The van der Waals surface area contributed by atoms with Crippen LogP contribution < -0.4 is 0 Å². The fourth-order valence-electron chi connectivity index (χ4n) is 5.46. The van der Waals surface area contributed by atoms with Gasteiger partial charge < -0.3 is 8.98 Å². The molecule has 3 aromatic heterocycles. The quantitative estimate of drug-likeness (QED) is 0.248. The number of hydrogen-bond donors (Lipinski definition) is 0. The van der Waals surface area contributed by atoms with E-state index in [1.165, 1.54) is 42.1 Å². The Balaban J connectivity index is 1.50. The van der Waals surface area contributed by atoms with E-state index in [1.807, 2.05) is 17.4 Å². The Kier molecular flexibility index (Phi) is 3.85. The van der Waals surface area contributed by atoms with Crippen LogP contribution in [0.3, 0.4) is 0 Å². The first-order valence-electron chi connectivity index (χ1n) is 11.8. The highest BCUT2D eigenvalue weighted by Gasteiger charge is 2.19. The van der Waals surface area contributed by atoms with Crippen molar-refractivity contribution < 1.29 is 4.42 Å². The van der Waals surface area contributed by atoms with Gasteiger partial charge in [0.15, 0.2) is 0 Å². The van der Waals surface area contributed by atoms with Crippen molar-refractivity contribution in [3.05, 3.63) is 115 Å². The van der Waals surface area contributed by atoms with E-state index in [0.29, 0.717) is 0 Å². The molecule has 0 atom stereocenters. The number of rotatable bonds is 2. The summed E-state index contributed by atoms with van der Waals surface area (Å²) in [6.07, 6.45) is 0. The largest absolute Gasteiger partial charge is 0.455 e. The van der Waals surface area contributed by atoms with E-state index in [2.05, 4.69) is 114 Å². The van der Waals surface area contributed by atoms with Crippen LogP contribution in [-0.2, 0) is 0 Å². The predicted octanol–water partition coefficient (Wildman–Crippen LogP) is 9.56. The number of furan rings is 1. The zero-order valence-electron chi connectivity index (χ0n) is 18.7. The molecule has 0 fully saturated rings. The molecule has 0 N–H and O–H groups in total. The van der Waals surface area contributed by atoms with Gasteiger partial charge in [-0.1, -0.05) is 78.9 Å². The SMILES string of the molecule is c1ccc(-c2cc3ccc4c(c5ccccc5n4-c4cccc5c4sc4ccccc45)c3o2)cc1. The number of aromatic nitrogens is 1. The molecule has 0 aliphatic carbocycles. The fraction of sp³-hybridized carbons (Fsp3) is 0. The zero-order chi connectivity index (χ0) is 22.9. The molecular weight excluding hydrogens is 446 g/mol. The highest BCUT2D eigenvalue weighted by atomic mass is 32.1. The van der Waals surface area contributed by atoms with Crippen molar-refractivity contribution >= 4 is 64.3 Å². The van der Waals surface area contributed by atoms with Crippen LogP contribution in [0.1, 0.15) is 0 Å². The van der Waals surface area contributed by atoms with Gasteiger partial charge in [-0.15, -0.1) is 11.3 Å². The van der Waals surface area contributed by atoms with E-state index in [4.69, 9.17) is 4.42 Å². The first kappa shape index (κ1) is 19.0. The van der Waals surface area contributed by atoms with E-state index < -0.39 is 0 Å². The fourth-order valence-corrected chi connectivity index (χ4v) is 6.67. The summed E-state index contributed by atoms with van der Waals surface area (Å²) in [4.78, 5) is 0. The molecule has 35 heavy (non-hydrogen) atoms. The molecule has 5 aromatic carbocycles. The van der Waals surface area contributed by atoms with E-state index in [-0.39, 0.29) is 0 Å². The Labute approximate surface area is 205 Å². The van der Waals surface area contributed by atoms with Crippen molar-refractivity contribution in [3.8, 4) is 17.0 Å². The van der Waals surface area contributed by atoms with Crippen molar-refractivity contribution in [2.24, 2.45) is 0 Å². The van der Waals surface area contributed by atoms with Crippen molar-refractivity contribution in [3.63, 3.8) is 0 Å². The molecule has 3 heteroatoms. The summed E-state index contributed by atoms with van der Waals surface area (Å²) in [5.41, 5.74) is 5.61. The number of hydrogen-bond acceptors (Lipinski definition) is 2. The van der Waals surface area contributed by atoms with E-state index in [1.54, 1.807) is 0 Å². The first-order valence-corrected chi connectivity index (χ1v) is 12.6. The number of benzene rings is 5. The van der Waals surface area contributed by atoms with Gasteiger partial charge in [-0.25, -0.2) is 0 Å². The second-order valence-corrected chi connectivity index (χ2v) is 10.0. The van der Waals surface area contributed by atoms with Crippen LogP contribution in [0.4, 0.5) is 0 Å². The summed E-state index contributed by atoms with van der Waals surface area (Å²) in [6.45, 7) is 0. The van der Waals surface area contributed by atoms with Crippen molar-refractivity contribution in [2.75, 3.05) is 0 Å². The lowest BCUT2D eigenvalue weighted by Crippen LogP contribution is -1.93.